The van der Waals surface area contributed by atoms with Crippen LogP contribution in [-0.4, -0.2) is 28.4 Å². The molecular weight excluding hydrogens is 221 g/mol. The highest BCUT2D eigenvalue weighted by Crippen LogP contribution is 2.50. The molecule has 0 aliphatic rings. The van der Waals surface area contributed by atoms with Gasteiger partial charge >= 0.3 is 13.3 Å². The van der Waals surface area contributed by atoms with Crippen molar-refractivity contribution >= 4 is 7.60 Å². The standard InChI is InChI=1S/C7H14N3O4P/c1-3-13-15(12,14-4-2)5-6-8-7(11)10-9-6/h3-5H2,1-2H3,(H2,8,9,10,11). The van der Waals surface area contributed by atoms with Crippen LogP contribution in [-0.2, 0) is 19.8 Å². The number of hydrogen-bond acceptors (Lipinski definition) is 5. The van der Waals surface area contributed by atoms with E-state index in [9.17, 15) is 9.36 Å². The minimum absolute atomic E-state index is 0.0343. The Labute approximate surface area is 86.7 Å². The molecule has 0 aliphatic heterocycles. The molecule has 0 spiro atoms. The van der Waals surface area contributed by atoms with Gasteiger partial charge in [-0.15, -0.1) is 0 Å². The van der Waals surface area contributed by atoms with Crippen molar-refractivity contribution in [1.82, 2.24) is 15.2 Å². The third-order valence-electron chi connectivity index (χ3n) is 1.55. The molecule has 0 bridgehead atoms. The van der Waals surface area contributed by atoms with Crippen LogP contribution in [0.5, 0.6) is 0 Å². The van der Waals surface area contributed by atoms with Gasteiger partial charge in [-0.1, -0.05) is 0 Å². The Morgan fingerprint density at radius 2 is 1.93 bits per heavy atom. The van der Waals surface area contributed by atoms with Crippen molar-refractivity contribution in [2.45, 2.75) is 20.0 Å². The third-order valence-corrected chi connectivity index (χ3v) is 3.54. The van der Waals surface area contributed by atoms with Crippen molar-refractivity contribution in [2.75, 3.05) is 13.2 Å². The van der Waals surface area contributed by atoms with E-state index in [0.717, 1.165) is 0 Å². The number of nitrogens with zero attached hydrogens (tertiary/aromatic N) is 1. The topological polar surface area (TPSA) is 97.1 Å². The van der Waals surface area contributed by atoms with E-state index in [1.165, 1.54) is 0 Å². The summed E-state index contributed by atoms with van der Waals surface area (Å²) in [6.07, 6.45) is -0.0343. The van der Waals surface area contributed by atoms with Crippen LogP contribution in [0.3, 0.4) is 0 Å². The molecule has 0 fully saturated rings. The Morgan fingerprint density at radius 3 is 2.33 bits per heavy atom. The number of aromatic nitrogens is 3. The van der Waals surface area contributed by atoms with Gasteiger partial charge in [0.25, 0.3) is 0 Å². The molecule has 8 heteroatoms. The summed E-state index contributed by atoms with van der Waals surface area (Å²) in [5.41, 5.74) is -0.440. The average Bonchev–Trinajstić information content (AvgIpc) is 2.51. The molecule has 0 radical (unpaired) electrons. The number of aromatic amines is 2. The lowest BCUT2D eigenvalue weighted by Crippen LogP contribution is -2.03. The van der Waals surface area contributed by atoms with E-state index >= 15 is 0 Å². The maximum absolute atomic E-state index is 12.0. The van der Waals surface area contributed by atoms with Gasteiger partial charge in [-0.05, 0) is 13.8 Å². The molecule has 15 heavy (non-hydrogen) atoms. The highest BCUT2D eigenvalue weighted by molar-refractivity contribution is 7.53. The molecule has 7 nitrogen and oxygen atoms in total. The van der Waals surface area contributed by atoms with E-state index in [0.29, 0.717) is 0 Å². The Kier molecular flexibility index (Phi) is 4.26. The molecule has 1 rings (SSSR count). The fourth-order valence-corrected chi connectivity index (χ4v) is 2.65. The molecule has 0 aliphatic carbocycles. The summed E-state index contributed by atoms with van der Waals surface area (Å²) in [5, 5.41) is 5.82. The minimum atomic E-state index is -3.18. The van der Waals surface area contributed by atoms with Crippen molar-refractivity contribution < 1.29 is 13.6 Å². The number of rotatable bonds is 6. The summed E-state index contributed by atoms with van der Waals surface area (Å²) in [6.45, 7) is 4.01. The van der Waals surface area contributed by atoms with Crippen LogP contribution in [0.4, 0.5) is 0 Å². The van der Waals surface area contributed by atoms with E-state index in [1.807, 2.05) is 0 Å². The Bertz CT molecular complexity index is 389. The van der Waals surface area contributed by atoms with Crippen LogP contribution in [0, 0.1) is 0 Å². The summed E-state index contributed by atoms with van der Waals surface area (Å²) in [6, 6.07) is 0. The lowest BCUT2D eigenvalue weighted by atomic mass is 10.7. The second-order valence-corrected chi connectivity index (χ2v) is 4.78. The van der Waals surface area contributed by atoms with Crippen LogP contribution < -0.4 is 5.69 Å². The van der Waals surface area contributed by atoms with Crippen LogP contribution in [0.25, 0.3) is 0 Å². The summed E-state index contributed by atoms with van der Waals surface area (Å²) in [4.78, 5) is 13.1. The van der Waals surface area contributed by atoms with Gasteiger partial charge in [0.05, 0.1) is 13.2 Å². The van der Waals surface area contributed by atoms with Crippen molar-refractivity contribution in [2.24, 2.45) is 0 Å². The predicted octanol–water partition coefficient (Wildman–Crippen LogP) is 0.864. The van der Waals surface area contributed by atoms with Crippen molar-refractivity contribution in [3.05, 3.63) is 16.3 Å². The van der Waals surface area contributed by atoms with E-state index in [-0.39, 0.29) is 25.2 Å². The first-order chi connectivity index (χ1) is 7.09. The van der Waals surface area contributed by atoms with E-state index in [2.05, 4.69) is 15.2 Å². The lowest BCUT2D eigenvalue weighted by Gasteiger charge is -2.14. The Morgan fingerprint density at radius 1 is 1.33 bits per heavy atom. The fraction of sp³-hybridized carbons (Fsp3) is 0.714. The largest absolute Gasteiger partial charge is 0.340 e. The lowest BCUT2D eigenvalue weighted by molar-refractivity contribution is 0.218. The molecule has 0 aromatic carbocycles. The van der Waals surface area contributed by atoms with Crippen LogP contribution >= 0.6 is 7.60 Å². The number of nitrogens with one attached hydrogen (secondary N) is 2. The number of H-pyrrole nitrogens is 2. The molecule has 86 valence electrons. The normalized spacial score (nSPS) is 11.9. The monoisotopic (exact) mass is 235 g/mol. The van der Waals surface area contributed by atoms with Crippen molar-refractivity contribution in [3.8, 4) is 0 Å². The predicted molar refractivity (Wildman–Crippen MR) is 53.8 cm³/mol. The zero-order valence-electron chi connectivity index (χ0n) is 8.65. The smallest absolute Gasteiger partial charge is 0.309 e. The first-order valence-corrected chi connectivity index (χ1v) is 6.34. The highest BCUT2D eigenvalue weighted by atomic mass is 31.2. The summed E-state index contributed by atoms with van der Waals surface area (Å²) in [5.74, 6) is 0.269. The molecule has 0 atom stereocenters. The van der Waals surface area contributed by atoms with E-state index in [4.69, 9.17) is 9.05 Å². The molecule has 0 amide bonds. The summed E-state index contributed by atoms with van der Waals surface area (Å²) >= 11 is 0. The van der Waals surface area contributed by atoms with Crippen LogP contribution in [0.2, 0.25) is 0 Å². The molecule has 0 saturated carbocycles. The first kappa shape index (κ1) is 12.2. The quantitative estimate of drug-likeness (QED) is 0.713. The zero-order valence-corrected chi connectivity index (χ0v) is 9.54. The zero-order chi connectivity index (χ0) is 11.3. The van der Waals surface area contributed by atoms with Crippen molar-refractivity contribution in [1.29, 1.82) is 0 Å². The maximum Gasteiger partial charge on any atom is 0.340 e. The molecule has 0 unspecified atom stereocenters. The van der Waals surface area contributed by atoms with Gasteiger partial charge in [-0.2, -0.15) is 5.10 Å². The van der Waals surface area contributed by atoms with Gasteiger partial charge in [-0.25, -0.2) is 9.89 Å². The second-order valence-electron chi connectivity index (χ2n) is 2.73. The van der Waals surface area contributed by atoms with E-state index < -0.39 is 13.3 Å². The van der Waals surface area contributed by atoms with Gasteiger partial charge in [-0.3, -0.25) is 9.55 Å². The molecule has 1 aromatic rings. The van der Waals surface area contributed by atoms with Gasteiger partial charge in [0.15, 0.2) is 0 Å². The Balaban J connectivity index is 2.74. The fourth-order valence-electron chi connectivity index (χ4n) is 1.09. The number of hydrogen-bond donors (Lipinski definition) is 2. The van der Waals surface area contributed by atoms with Gasteiger partial charge in [0, 0.05) is 0 Å². The second kappa shape index (κ2) is 5.25. The average molecular weight is 235 g/mol. The first-order valence-electron chi connectivity index (χ1n) is 4.61. The minimum Gasteiger partial charge on any atom is -0.309 e. The highest BCUT2D eigenvalue weighted by Gasteiger charge is 2.25. The molecule has 2 N–H and O–H groups in total. The van der Waals surface area contributed by atoms with Gasteiger partial charge < -0.3 is 9.05 Å². The third kappa shape index (κ3) is 3.62. The maximum atomic E-state index is 12.0. The molecule has 1 aromatic heterocycles. The summed E-state index contributed by atoms with van der Waals surface area (Å²) in [7, 11) is -3.18. The van der Waals surface area contributed by atoms with Crippen molar-refractivity contribution in [3.63, 3.8) is 0 Å². The summed E-state index contributed by atoms with van der Waals surface area (Å²) < 4.78 is 22.1. The molecule has 1 heterocycles. The van der Waals surface area contributed by atoms with E-state index in [1.54, 1.807) is 13.8 Å². The SMILES string of the molecule is CCOP(=O)(Cc1n[nH]c(=O)[nH]1)OCC. The molecule has 0 saturated heterocycles. The Hall–Kier alpha value is -0.910. The van der Waals surface area contributed by atoms with Gasteiger partial charge in [0.2, 0.25) is 0 Å². The van der Waals surface area contributed by atoms with Crippen LogP contribution in [0.15, 0.2) is 4.79 Å². The van der Waals surface area contributed by atoms with Gasteiger partial charge in [0.1, 0.15) is 12.0 Å². The van der Waals surface area contributed by atoms with Crippen LogP contribution in [0.1, 0.15) is 19.7 Å². The molecular formula is C7H14N3O4P.